The van der Waals surface area contributed by atoms with Crippen LogP contribution in [0.5, 0.6) is 11.5 Å². The van der Waals surface area contributed by atoms with Gasteiger partial charge in [0.1, 0.15) is 12.3 Å². The van der Waals surface area contributed by atoms with Crippen molar-refractivity contribution in [2.24, 2.45) is 0 Å². The third-order valence-electron chi connectivity index (χ3n) is 5.37. The highest BCUT2D eigenvalue weighted by Crippen LogP contribution is 2.36. The molecule has 0 saturated carbocycles. The van der Waals surface area contributed by atoms with E-state index >= 15 is 0 Å². The van der Waals surface area contributed by atoms with Gasteiger partial charge in [0.2, 0.25) is 12.7 Å². The maximum absolute atomic E-state index is 12.1. The van der Waals surface area contributed by atoms with E-state index in [-0.39, 0.29) is 25.9 Å². The highest BCUT2D eigenvalue weighted by Gasteiger charge is 2.16. The number of carbonyl (C=O) groups excluding carboxylic acids is 1. The first-order valence-corrected chi connectivity index (χ1v) is 11.2. The number of nitrogens with one attached hydrogen (secondary N) is 1. The molecule has 1 N–H and O–H groups in total. The smallest absolute Gasteiger partial charge is 0.246 e. The Hall–Kier alpha value is -3.36. The maximum Gasteiger partial charge on any atom is 0.246 e. The number of fused-ring (bicyclic) bond motifs is 1. The molecule has 3 aromatic rings. The van der Waals surface area contributed by atoms with Crippen LogP contribution in [0.1, 0.15) is 24.6 Å². The van der Waals surface area contributed by atoms with Crippen molar-refractivity contribution >= 4 is 5.91 Å². The summed E-state index contributed by atoms with van der Waals surface area (Å²) < 4.78 is 21.6. The molecule has 8 nitrogen and oxygen atoms in total. The summed E-state index contributed by atoms with van der Waals surface area (Å²) in [4.78, 5) is 14.4. The van der Waals surface area contributed by atoms with Gasteiger partial charge in [-0.1, -0.05) is 42.4 Å². The Labute approximate surface area is 193 Å². The topological polar surface area (TPSA) is 86.1 Å². The second kappa shape index (κ2) is 11.5. The van der Waals surface area contributed by atoms with Crippen LogP contribution in [0.25, 0.3) is 11.3 Å². The van der Waals surface area contributed by atoms with Gasteiger partial charge in [-0.05, 0) is 36.7 Å². The van der Waals surface area contributed by atoms with Gasteiger partial charge in [-0.2, -0.15) is 0 Å². The zero-order valence-electron chi connectivity index (χ0n) is 18.8. The number of hydrogen-bond donors (Lipinski definition) is 1. The molecule has 4 rings (SSSR count). The number of aromatic nitrogens is 1. The molecular weight excluding hydrogens is 422 g/mol. The van der Waals surface area contributed by atoms with Crippen LogP contribution < -0.4 is 14.8 Å². The van der Waals surface area contributed by atoms with Crippen molar-refractivity contribution in [2.75, 3.05) is 33.0 Å². The average Bonchev–Trinajstić information content (AvgIpc) is 3.51. The maximum atomic E-state index is 12.1. The molecule has 0 radical (unpaired) electrons. The van der Waals surface area contributed by atoms with Gasteiger partial charge in [0.15, 0.2) is 17.3 Å². The van der Waals surface area contributed by atoms with E-state index in [1.54, 1.807) is 6.07 Å². The molecule has 0 unspecified atom stereocenters. The molecule has 0 aliphatic carbocycles. The number of rotatable bonds is 12. The van der Waals surface area contributed by atoms with Crippen molar-refractivity contribution in [1.29, 1.82) is 0 Å². The molecule has 1 amide bonds. The molecule has 2 aromatic carbocycles. The summed E-state index contributed by atoms with van der Waals surface area (Å²) in [6.45, 7) is 5.98. The highest BCUT2D eigenvalue weighted by molar-refractivity contribution is 5.77. The van der Waals surface area contributed by atoms with E-state index in [2.05, 4.69) is 46.6 Å². The third kappa shape index (κ3) is 6.57. The number of carbonyl (C=O) groups is 1. The lowest BCUT2D eigenvalue weighted by atomic mass is 10.1. The van der Waals surface area contributed by atoms with Crippen LogP contribution in [-0.4, -0.2) is 49.0 Å². The largest absolute Gasteiger partial charge is 0.454 e. The predicted octanol–water partition coefficient (Wildman–Crippen LogP) is 3.62. The SMILES string of the molecule is CCN(CCCNC(=O)COCc1cc(-c2ccc3c(c2)OCO3)on1)Cc1ccccc1. The van der Waals surface area contributed by atoms with E-state index in [4.69, 9.17) is 18.7 Å². The zero-order chi connectivity index (χ0) is 22.9. The van der Waals surface area contributed by atoms with E-state index in [9.17, 15) is 4.79 Å². The molecule has 0 saturated heterocycles. The van der Waals surface area contributed by atoms with E-state index in [0.717, 1.165) is 31.6 Å². The Morgan fingerprint density at radius 1 is 1.12 bits per heavy atom. The van der Waals surface area contributed by atoms with Crippen molar-refractivity contribution in [2.45, 2.75) is 26.5 Å². The fourth-order valence-electron chi connectivity index (χ4n) is 3.59. The molecule has 0 fully saturated rings. The summed E-state index contributed by atoms with van der Waals surface area (Å²) in [7, 11) is 0. The Kier molecular flexibility index (Phi) is 7.94. The lowest BCUT2D eigenvalue weighted by molar-refractivity contribution is -0.126. The van der Waals surface area contributed by atoms with E-state index in [0.29, 0.717) is 29.5 Å². The predicted molar refractivity (Wildman–Crippen MR) is 123 cm³/mol. The fourth-order valence-corrected chi connectivity index (χ4v) is 3.59. The van der Waals surface area contributed by atoms with E-state index in [1.807, 2.05) is 24.3 Å². The molecule has 33 heavy (non-hydrogen) atoms. The minimum atomic E-state index is -0.138. The quantitative estimate of drug-likeness (QED) is 0.421. The molecule has 0 spiro atoms. The number of hydrogen-bond acceptors (Lipinski definition) is 7. The Morgan fingerprint density at radius 2 is 1.97 bits per heavy atom. The molecule has 2 heterocycles. The lowest BCUT2D eigenvalue weighted by Crippen LogP contribution is -2.31. The van der Waals surface area contributed by atoms with Gasteiger partial charge in [0, 0.05) is 31.3 Å². The summed E-state index contributed by atoms with van der Waals surface area (Å²) in [5.41, 5.74) is 2.76. The molecule has 0 atom stereocenters. The van der Waals surface area contributed by atoms with Crippen LogP contribution in [0.2, 0.25) is 0 Å². The summed E-state index contributed by atoms with van der Waals surface area (Å²) >= 11 is 0. The lowest BCUT2D eigenvalue weighted by Gasteiger charge is -2.20. The van der Waals surface area contributed by atoms with Gasteiger partial charge < -0.3 is 24.1 Å². The van der Waals surface area contributed by atoms with Gasteiger partial charge in [0.05, 0.1) is 6.61 Å². The van der Waals surface area contributed by atoms with Crippen LogP contribution in [0.4, 0.5) is 0 Å². The summed E-state index contributed by atoms with van der Waals surface area (Å²) in [6, 6.07) is 17.8. The Bertz CT molecular complexity index is 1040. The third-order valence-corrected chi connectivity index (χ3v) is 5.37. The number of benzene rings is 2. The van der Waals surface area contributed by atoms with Crippen LogP contribution in [0, 0.1) is 0 Å². The Balaban J connectivity index is 1.12. The summed E-state index contributed by atoms with van der Waals surface area (Å²) in [6.07, 6.45) is 0.884. The van der Waals surface area contributed by atoms with Gasteiger partial charge in [-0.3, -0.25) is 9.69 Å². The van der Waals surface area contributed by atoms with Crippen LogP contribution in [0.15, 0.2) is 59.1 Å². The molecule has 1 aliphatic rings. The van der Waals surface area contributed by atoms with Crippen molar-refractivity contribution in [1.82, 2.24) is 15.4 Å². The Morgan fingerprint density at radius 3 is 2.82 bits per heavy atom. The fraction of sp³-hybridized carbons (Fsp3) is 0.360. The summed E-state index contributed by atoms with van der Waals surface area (Å²) in [5, 5.41) is 6.92. The van der Waals surface area contributed by atoms with Gasteiger partial charge in [0.25, 0.3) is 0 Å². The minimum absolute atomic E-state index is 0.0201. The van der Waals surface area contributed by atoms with Crippen molar-refractivity contribution in [3.63, 3.8) is 0 Å². The van der Waals surface area contributed by atoms with Crippen LogP contribution in [0.3, 0.4) is 0 Å². The van der Waals surface area contributed by atoms with Gasteiger partial charge >= 0.3 is 0 Å². The summed E-state index contributed by atoms with van der Waals surface area (Å²) in [5.74, 6) is 1.86. The first-order valence-electron chi connectivity index (χ1n) is 11.2. The van der Waals surface area contributed by atoms with Crippen LogP contribution >= 0.6 is 0 Å². The van der Waals surface area contributed by atoms with E-state index in [1.165, 1.54) is 5.56 Å². The van der Waals surface area contributed by atoms with Crippen molar-refractivity contribution < 1.29 is 23.5 Å². The standard InChI is InChI=1S/C25H29N3O5/c1-2-28(15-19-7-4-3-5-8-19)12-6-11-26-25(29)17-30-16-21-14-23(33-27-21)20-9-10-22-24(13-20)32-18-31-22/h3-5,7-10,13-14H,2,6,11-12,15-18H2,1H3,(H,26,29). The normalized spacial score (nSPS) is 12.3. The molecule has 8 heteroatoms. The number of ether oxygens (including phenoxy) is 3. The average molecular weight is 452 g/mol. The molecular formula is C25H29N3O5. The first kappa shape index (κ1) is 22.8. The molecule has 174 valence electrons. The van der Waals surface area contributed by atoms with E-state index < -0.39 is 0 Å². The minimum Gasteiger partial charge on any atom is -0.454 e. The first-order chi connectivity index (χ1) is 16.2. The molecule has 1 aromatic heterocycles. The zero-order valence-corrected chi connectivity index (χ0v) is 18.8. The monoisotopic (exact) mass is 451 g/mol. The molecule has 1 aliphatic heterocycles. The van der Waals surface area contributed by atoms with Gasteiger partial charge in [-0.25, -0.2) is 0 Å². The van der Waals surface area contributed by atoms with Crippen molar-refractivity contribution in [3.8, 4) is 22.8 Å². The highest BCUT2D eigenvalue weighted by atomic mass is 16.7. The number of amides is 1. The van der Waals surface area contributed by atoms with Crippen LogP contribution in [-0.2, 0) is 22.7 Å². The second-order valence-electron chi connectivity index (χ2n) is 7.80. The second-order valence-corrected chi connectivity index (χ2v) is 7.80. The molecule has 0 bridgehead atoms. The van der Waals surface area contributed by atoms with Crippen molar-refractivity contribution in [3.05, 3.63) is 65.9 Å². The number of nitrogens with zero attached hydrogens (tertiary/aromatic N) is 2. The van der Waals surface area contributed by atoms with Gasteiger partial charge in [-0.15, -0.1) is 0 Å².